The molecule has 37 heavy (non-hydrogen) atoms. The maximum atomic E-state index is 10.2. The van der Waals surface area contributed by atoms with Crippen molar-refractivity contribution >= 4 is 39.8 Å². The SMILES string of the molecule is N#Cc1ccc(Cn2cc(-c3cnc4ccn5c(CO)c(-c6c(Cl)cccc6Cl)nc5c4c3)cn2)cn1. The highest BCUT2D eigenvalue weighted by molar-refractivity contribution is 6.39. The van der Waals surface area contributed by atoms with Gasteiger partial charge in [-0.05, 0) is 35.9 Å². The summed E-state index contributed by atoms with van der Waals surface area (Å²) in [7, 11) is 0. The minimum atomic E-state index is -0.242. The first-order chi connectivity index (χ1) is 18.1. The average molecular weight is 526 g/mol. The van der Waals surface area contributed by atoms with Crippen LogP contribution in [0.25, 0.3) is 38.9 Å². The van der Waals surface area contributed by atoms with Gasteiger partial charge in [0.25, 0.3) is 0 Å². The second kappa shape index (κ2) is 9.30. The topological polar surface area (TPSA) is 105 Å². The fraction of sp³-hybridized carbons (Fsp3) is 0.0741. The highest BCUT2D eigenvalue weighted by Crippen LogP contribution is 2.37. The van der Waals surface area contributed by atoms with Crippen molar-refractivity contribution in [3.05, 3.63) is 100 Å². The summed E-state index contributed by atoms with van der Waals surface area (Å²) in [6, 6.07) is 14.7. The molecule has 1 aromatic carbocycles. The third-order valence-electron chi connectivity index (χ3n) is 6.15. The third-order valence-corrected chi connectivity index (χ3v) is 6.78. The van der Waals surface area contributed by atoms with Gasteiger partial charge in [0.1, 0.15) is 17.4 Å². The van der Waals surface area contributed by atoms with Crippen LogP contribution in [0.5, 0.6) is 0 Å². The van der Waals surface area contributed by atoms with Gasteiger partial charge in [0.05, 0.1) is 46.3 Å². The van der Waals surface area contributed by atoms with E-state index in [1.165, 1.54) is 0 Å². The largest absolute Gasteiger partial charge is 0.390 e. The number of aromatic nitrogens is 6. The van der Waals surface area contributed by atoms with Crippen molar-refractivity contribution in [2.45, 2.75) is 13.2 Å². The number of halogens is 2. The van der Waals surface area contributed by atoms with Crippen LogP contribution in [0.15, 0.2) is 73.4 Å². The first-order valence-corrected chi connectivity index (χ1v) is 12.0. The molecule has 0 bridgehead atoms. The van der Waals surface area contributed by atoms with Crippen molar-refractivity contribution in [1.29, 1.82) is 5.26 Å². The van der Waals surface area contributed by atoms with Crippen LogP contribution in [0.3, 0.4) is 0 Å². The standard InChI is InChI=1S/C27H17Cl2N7O/c28-21-2-1-3-22(29)25(21)26-24(15-37)36-7-6-23-20(27(36)34-26)8-17(11-32-23)18-12-33-35(14-18)13-16-4-5-19(9-30)31-10-16/h1-8,10-12,14,37H,13,15H2. The van der Waals surface area contributed by atoms with Gasteiger partial charge in [0, 0.05) is 46.9 Å². The number of rotatable bonds is 5. The van der Waals surface area contributed by atoms with Crippen LogP contribution in [-0.4, -0.2) is 34.2 Å². The number of nitriles is 1. The minimum Gasteiger partial charge on any atom is -0.390 e. The van der Waals surface area contributed by atoms with E-state index < -0.39 is 0 Å². The molecule has 180 valence electrons. The van der Waals surface area contributed by atoms with E-state index in [1.54, 1.807) is 47.5 Å². The Morgan fingerprint density at radius 1 is 0.973 bits per heavy atom. The van der Waals surface area contributed by atoms with E-state index >= 15 is 0 Å². The Labute approximate surface area is 221 Å². The van der Waals surface area contributed by atoms with Gasteiger partial charge in [0.15, 0.2) is 0 Å². The Hall–Kier alpha value is -4.29. The molecule has 0 saturated heterocycles. The molecule has 10 heteroatoms. The van der Waals surface area contributed by atoms with E-state index in [2.05, 4.69) is 15.1 Å². The first kappa shape index (κ1) is 23.1. The number of aliphatic hydroxyl groups is 1. The molecule has 0 spiro atoms. The number of fused-ring (bicyclic) bond motifs is 3. The second-order valence-electron chi connectivity index (χ2n) is 8.42. The number of nitrogens with zero attached hydrogens (tertiary/aromatic N) is 7. The number of benzene rings is 1. The lowest BCUT2D eigenvalue weighted by atomic mass is 10.1. The molecule has 0 aliphatic carbocycles. The Bertz CT molecular complexity index is 1810. The van der Waals surface area contributed by atoms with Crippen molar-refractivity contribution in [1.82, 2.24) is 29.1 Å². The summed E-state index contributed by atoms with van der Waals surface area (Å²) >= 11 is 12.9. The molecule has 0 saturated carbocycles. The molecule has 5 heterocycles. The zero-order valence-electron chi connectivity index (χ0n) is 19.2. The van der Waals surface area contributed by atoms with Crippen LogP contribution in [-0.2, 0) is 13.2 Å². The Balaban J connectivity index is 1.43. The van der Waals surface area contributed by atoms with Crippen LogP contribution in [0.1, 0.15) is 17.0 Å². The fourth-order valence-corrected chi connectivity index (χ4v) is 4.93. The average Bonchev–Trinajstić information content (AvgIpc) is 3.53. The highest BCUT2D eigenvalue weighted by Gasteiger charge is 2.20. The van der Waals surface area contributed by atoms with Gasteiger partial charge in [-0.1, -0.05) is 35.3 Å². The van der Waals surface area contributed by atoms with Crippen LogP contribution >= 0.6 is 23.2 Å². The van der Waals surface area contributed by atoms with Crippen LogP contribution in [0.2, 0.25) is 10.0 Å². The molecule has 6 rings (SSSR count). The molecule has 1 N–H and O–H groups in total. The Morgan fingerprint density at radius 3 is 2.54 bits per heavy atom. The van der Waals surface area contributed by atoms with Crippen molar-refractivity contribution < 1.29 is 5.11 Å². The molecule has 0 atom stereocenters. The molecule has 0 amide bonds. The summed E-state index contributed by atoms with van der Waals surface area (Å²) in [5, 5.41) is 25.4. The second-order valence-corrected chi connectivity index (χ2v) is 9.23. The summed E-state index contributed by atoms with van der Waals surface area (Å²) in [6.45, 7) is 0.277. The number of imidazole rings is 1. The Kier molecular flexibility index (Phi) is 5.81. The molecular weight excluding hydrogens is 509 g/mol. The number of hydrogen-bond acceptors (Lipinski definition) is 6. The zero-order chi connectivity index (χ0) is 25.5. The molecule has 0 radical (unpaired) electrons. The lowest BCUT2D eigenvalue weighted by Gasteiger charge is -2.06. The van der Waals surface area contributed by atoms with Crippen LogP contribution in [0.4, 0.5) is 0 Å². The summed E-state index contributed by atoms with van der Waals surface area (Å²) in [4.78, 5) is 13.6. The van der Waals surface area contributed by atoms with Gasteiger partial charge >= 0.3 is 0 Å². The van der Waals surface area contributed by atoms with E-state index in [4.69, 9.17) is 33.4 Å². The summed E-state index contributed by atoms with van der Waals surface area (Å²) in [5.41, 5.74) is 6.16. The molecule has 0 aliphatic heterocycles. The van der Waals surface area contributed by atoms with Gasteiger partial charge in [-0.3, -0.25) is 9.67 Å². The van der Waals surface area contributed by atoms with Crippen LogP contribution in [0, 0.1) is 11.3 Å². The molecule has 0 unspecified atom stereocenters. The molecule has 5 aromatic heterocycles. The van der Waals surface area contributed by atoms with Crippen molar-refractivity contribution in [3.8, 4) is 28.5 Å². The number of hydrogen-bond donors (Lipinski definition) is 1. The molecular formula is C27H17Cl2N7O. The highest BCUT2D eigenvalue weighted by atomic mass is 35.5. The summed E-state index contributed by atoms with van der Waals surface area (Å²) < 4.78 is 3.64. The maximum absolute atomic E-state index is 10.2. The molecule has 8 nitrogen and oxygen atoms in total. The molecule has 0 aliphatic rings. The lowest BCUT2D eigenvalue weighted by Crippen LogP contribution is -2.00. The van der Waals surface area contributed by atoms with Crippen molar-refractivity contribution in [2.75, 3.05) is 0 Å². The van der Waals surface area contributed by atoms with E-state index in [0.717, 1.165) is 27.6 Å². The van der Waals surface area contributed by atoms with E-state index in [9.17, 15) is 5.11 Å². The summed E-state index contributed by atoms with van der Waals surface area (Å²) in [5.74, 6) is 0. The molecule has 6 aromatic rings. The smallest absolute Gasteiger partial charge is 0.147 e. The maximum Gasteiger partial charge on any atom is 0.147 e. The van der Waals surface area contributed by atoms with E-state index in [0.29, 0.717) is 44.9 Å². The fourth-order valence-electron chi connectivity index (χ4n) is 4.35. The van der Waals surface area contributed by atoms with E-state index in [-0.39, 0.29) is 6.61 Å². The number of pyridine rings is 3. The van der Waals surface area contributed by atoms with Gasteiger partial charge in [0.2, 0.25) is 0 Å². The van der Waals surface area contributed by atoms with Crippen molar-refractivity contribution in [3.63, 3.8) is 0 Å². The quantitative estimate of drug-likeness (QED) is 0.317. The monoisotopic (exact) mass is 525 g/mol. The minimum absolute atomic E-state index is 0.242. The lowest BCUT2D eigenvalue weighted by molar-refractivity contribution is 0.276. The normalized spacial score (nSPS) is 11.3. The van der Waals surface area contributed by atoms with Gasteiger partial charge < -0.3 is 9.51 Å². The predicted molar refractivity (Wildman–Crippen MR) is 141 cm³/mol. The van der Waals surface area contributed by atoms with E-state index in [1.807, 2.05) is 41.1 Å². The van der Waals surface area contributed by atoms with Crippen LogP contribution < -0.4 is 0 Å². The predicted octanol–water partition coefficient (Wildman–Crippen LogP) is 5.53. The summed E-state index contributed by atoms with van der Waals surface area (Å²) in [6.07, 6.45) is 9.01. The van der Waals surface area contributed by atoms with Crippen molar-refractivity contribution in [2.24, 2.45) is 0 Å². The first-order valence-electron chi connectivity index (χ1n) is 11.3. The zero-order valence-corrected chi connectivity index (χ0v) is 20.7. The van der Waals surface area contributed by atoms with Gasteiger partial charge in [-0.15, -0.1) is 0 Å². The Morgan fingerprint density at radius 2 is 1.81 bits per heavy atom. The van der Waals surface area contributed by atoms with Gasteiger partial charge in [-0.25, -0.2) is 9.97 Å². The third kappa shape index (κ3) is 4.09. The molecule has 0 fully saturated rings. The number of aliphatic hydroxyl groups excluding tert-OH is 1. The van der Waals surface area contributed by atoms with Gasteiger partial charge in [-0.2, -0.15) is 10.4 Å².